The van der Waals surface area contributed by atoms with Crippen LogP contribution in [0.5, 0.6) is 5.75 Å². The maximum Gasteiger partial charge on any atom is 0.226 e. The van der Waals surface area contributed by atoms with E-state index in [0.29, 0.717) is 19.7 Å². The fourth-order valence-electron chi connectivity index (χ4n) is 3.91. The van der Waals surface area contributed by atoms with Crippen LogP contribution in [0.2, 0.25) is 0 Å². The Balaban J connectivity index is 1.62. The second kappa shape index (κ2) is 8.81. The average Bonchev–Trinajstić information content (AvgIpc) is 3.17. The quantitative estimate of drug-likeness (QED) is 0.568. The summed E-state index contributed by atoms with van der Waals surface area (Å²) in [4.78, 5) is 12.9. The van der Waals surface area contributed by atoms with Crippen molar-refractivity contribution in [1.29, 1.82) is 0 Å². The number of piperidine rings is 1. The SMILES string of the molecule is COCC1(CNC(=O)C2CNNC2c2ccc(OC)cc2)CCNCC1. The van der Waals surface area contributed by atoms with E-state index in [2.05, 4.69) is 21.5 Å². The second-order valence-electron chi connectivity index (χ2n) is 7.28. The van der Waals surface area contributed by atoms with Crippen LogP contribution in [-0.4, -0.2) is 52.9 Å². The molecule has 26 heavy (non-hydrogen) atoms. The minimum atomic E-state index is -0.148. The van der Waals surface area contributed by atoms with Crippen molar-refractivity contribution in [1.82, 2.24) is 21.5 Å². The first-order chi connectivity index (χ1) is 12.7. The molecular weight excluding hydrogens is 332 g/mol. The van der Waals surface area contributed by atoms with E-state index in [4.69, 9.17) is 9.47 Å². The number of benzene rings is 1. The van der Waals surface area contributed by atoms with Gasteiger partial charge in [-0.15, -0.1) is 0 Å². The molecule has 4 N–H and O–H groups in total. The summed E-state index contributed by atoms with van der Waals surface area (Å²) < 4.78 is 10.7. The summed E-state index contributed by atoms with van der Waals surface area (Å²) in [7, 11) is 3.38. The van der Waals surface area contributed by atoms with E-state index in [1.54, 1.807) is 14.2 Å². The molecule has 2 aliphatic heterocycles. The number of methoxy groups -OCH3 is 2. The molecular formula is C19H30N4O3. The molecule has 0 aliphatic carbocycles. The van der Waals surface area contributed by atoms with Gasteiger partial charge in [0.1, 0.15) is 5.75 Å². The molecule has 0 radical (unpaired) electrons. The predicted octanol–water partition coefficient (Wildman–Crippen LogP) is 0.593. The molecule has 2 saturated heterocycles. The second-order valence-corrected chi connectivity index (χ2v) is 7.28. The first kappa shape index (κ1) is 19.1. The average molecular weight is 362 g/mol. The zero-order chi connectivity index (χ0) is 18.4. The number of hydrazine groups is 1. The first-order valence-corrected chi connectivity index (χ1v) is 9.27. The van der Waals surface area contributed by atoms with Crippen molar-refractivity contribution in [2.75, 3.05) is 47.0 Å². The summed E-state index contributed by atoms with van der Waals surface area (Å²) in [6, 6.07) is 7.80. The van der Waals surface area contributed by atoms with Crippen LogP contribution in [0.4, 0.5) is 0 Å². The fourth-order valence-corrected chi connectivity index (χ4v) is 3.91. The molecule has 0 spiro atoms. The molecule has 2 aliphatic rings. The molecule has 144 valence electrons. The van der Waals surface area contributed by atoms with E-state index in [1.807, 2.05) is 24.3 Å². The van der Waals surface area contributed by atoms with Crippen LogP contribution in [0.15, 0.2) is 24.3 Å². The molecule has 0 bridgehead atoms. The van der Waals surface area contributed by atoms with Crippen molar-refractivity contribution in [2.24, 2.45) is 11.3 Å². The zero-order valence-corrected chi connectivity index (χ0v) is 15.6. The number of nitrogens with one attached hydrogen (secondary N) is 4. The molecule has 2 atom stereocenters. The maximum atomic E-state index is 12.9. The molecule has 1 aromatic rings. The lowest BCUT2D eigenvalue weighted by molar-refractivity contribution is -0.125. The largest absolute Gasteiger partial charge is 0.497 e. The number of rotatable bonds is 7. The highest BCUT2D eigenvalue weighted by molar-refractivity contribution is 5.80. The molecule has 0 aromatic heterocycles. The normalized spacial score (nSPS) is 25.0. The molecule has 2 fully saturated rings. The Kier molecular flexibility index (Phi) is 6.48. The lowest BCUT2D eigenvalue weighted by Gasteiger charge is -2.37. The number of hydrogen-bond donors (Lipinski definition) is 4. The Morgan fingerprint density at radius 3 is 2.62 bits per heavy atom. The van der Waals surface area contributed by atoms with Crippen molar-refractivity contribution in [3.05, 3.63) is 29.8 Å². The highest BCUT2D eigenvalue weighted by Crippen LogP contribution is 2.30. The molecule has 0 saturated carbocycles. The number of ether oxygens (including phenoxy) is 2. The summed E-state index contributed by atoms with van der Waals surface area (Å²) >= 11 is 0. The van der Waals surface area contributed by atoms with Crippen LogP contribution in [-0.2, 0) is 9.53 Å². The molecule has 7 heteroatoms. The number of hydrogen-bond acceptors (Lipinski definition) is 6. The summed E-state index contributed by atoms with van der Waals surface area (Å²) in [6.45, 7) is 3.90. The van der Waals surface area contributed by atoms with Gasteiger partial charge in [-0.3, -0.25) is 10.2 Å². The van der Waals surface area contributed by atoms with Gasteiger partial charge in [0, 0.05) is 25.6 Å². The maximum absolute atomic E-state index is 12.9. The number of carbonyl (C=O) groups excluding carboxylic acids is 1. The van der Waals surface area contributed by atoms with Gasteiger partial charge in [0.15, 0.2) is 0 Å². The number of carbonyl (C=O) groups is 1. The van der Waals surface area contributed by atoms with Crippen LogP contribution in [0.1, 0.15) is 24.4 Å². The molecule has 2 heterocycles. The highest BCUT2D eigenvalue weighted by Gasteiger charge is 2.37. The van der Waals surface area contributed by atoms with E-state index >= 15 is 0 Å². The van der Waals surface area contributed by atoms with Crippen molar-refractivity contribution in [3.8, 4) is 5.75 Å². The van der Waals surface area contributed by atoms with Gasteiger partial charge in [-0.25, -0.2) is 5.43 Å². The fraction of sp³-hybridized carbons (Fsp3) is 0.632. The van der Waals surface area contributed by atoms with Crippen LogP contribution in [0, 0.1) is 11.3 Å². The van der Waals surface area contributed by atoms with Crippen molar-refractivity contribution in [2.45, 2.75) is 18.9 Å². The van der Waals surface area contributed by atoms with Gasteiger partial charge in [-0.2, -0.15) is 0 Å². The van der Waals surface area contributed by atoms with Gasteiger partial charge in [0.25, 0.3) is 0 Å². The molecule has 1 aromatic carbocycles. The van der Waals surface area contributed by atoms with Gasteiger partial charge in [-0.1, -0.05) is 12.1 Å². The Morgan fingerprint density at radius 1 is 1.23 bits per heavy atom. The van der Waals surface area contributed by atoms with Crippen molar-refractivity contribution < 1.29 is 14.3 Å². The van der Waals surface area contributed by atoms with E-state index < -0.39 is 0 Å². The van der Waals surface area contributed by atoms with E-state index in [0.717, 1.165) is 37.2 Å². The summed E-state index contributed by atoms with van der Waals surface area (Å²) in [5.74, 6) is 0.746. The zero-order valence-electron chi connectivity index (χ0n) is 15.6. The predicted molar refractivity (Wildman–Crippen MR) is 99.8 cm³/mol. The molecule has 1 amide bonds. The monoisotopic (exact) mass is 362 g/mol. The lowest BCUT2D eigenvalue weighted by Crippen LogP contribution is -2.48. The third-order valence-corrected chi connectivity index (χ3v) is 5.55. The molecule has 2 unspecified atom stereocenters. The van der Waals surface area contributed by atoms with Crippen molar-refractivity contribution >= 4 is 5.91 Å². The Bertz CT molecular complexity index is 581. The van der Waals surface area contributed by atoms with E-state index in [-0.39, 0.29) is 23.3 Å². The smallest absolute Gasteiger partial charge is 0.226 e. The van der Waals surface area contributed by atoms with E-state index in [9.17, 15) is 4.79 Å². The Morgan fingerprint density at radius 2 is 1.96 bits per heavy atom. The minimum absolute atomic E-state index is 0.0325. The van der Waals surface area contributed by atoms with Gasteiger partial charge >= 0.3 is 0 Å². The standard InChI is InChI=1S/C19H30N4O3/c1-25-13-19(7-9-20-10-8-19)12-21-18(24)16-11-22-23-17(16)14-3-5-15(26-2)6-4-14/h3-6,16-17,20,22-23H,7-13H2,1-2H3,(H,21,24). The van der Waals surface area contributed by atoms with Gasteiger partial charge in [-0.05, 0) is 43.6 Å². The van der Waals surface area contributed by atoms with E-state index in [1.165, 1.54) is 0 Å². The Labute approximate surface area is 155 Å². The van der Waals surface area contributed by atoms with Crippen LogP contribution in [0.3, 0.4) is 0 Å². The minimum Gasteiger partial charge on any atom is -0.497 e. The third-order valence-electron chi connectivity index (χ3n) is 5.55. The summed E-state index contributed by atoms with van der Waals surface area (Å²) in [5, 5.41) is 6.57. The third kappa shape index (κ3) is 4.35. The van der Waals surface area contributed by atoms with Crippen LogP contribution in [0.25, 0.3) is 0 Å². The first-order valence-electron chi connectivity index (χ1n) is 9.27. The molecule has 7 nitrogen and oxygen atoms in total. The Hall–Kier alpha value is -1.67. The summed E-state index contributed by atoms with van der Waals surface area (Å²) in [6.07, 6.45) is 2.04. The summed E-state index contributed by atoms with van der Waals surface area (Å²) in [5.41, 5.74) is 7.46. The topological polar surface area (TPSA) is 83.7 Å². The van der Waals surface area contributed by atoms with Crippen LogP contribution >= 0.6 is 0 Å². The van der Waals surface area contributed by atoms with Gasteiger partial charge in [0.2, 0.25) is 5.91 Å². The number of amides is 1. The van der Waals surface area contributed by atoms with Gasteiger partial charge < -0.3 is 20.1 Å². The van der Waals surface area contributed by atoms with Crippen molar-refractivity contribution in [3.63, 3.8) is 0 Å². The van der Waals surface area contributed by atoms with Crippen LogP contribution < -0.4 is 26.2 Å². The van der Waals surface area contributed by atoms with Gasteiger partial charge in [0.05, 0.1) is 25.7 Å². The molecule has 3 rings (SSSR count). The highest BCUT2D eigenvalue weighted by atomic mass is 16.5. The lowest BCUT2D eigenvalue weighted by atomic mass is 9.79.